The number of ether oxygens (including phenoxy) is 1. The first-order valence-electron chi connectivity index (χ1n) is 4.79. The summed E-state index contributed by atoms with van der Waals surface area (Å²) in [6.45, 7) is 1.91. The van der Waals surface area contributed by atoms with Crippen LogP contribution in [0.2, 0.25) is 5.02 Å². The Morgan fingerprint density at radius 2 is 2.31 bits per heavy atom. The predicted octanol–water partition coefficient (Wildman–Crippen LogP) is 2.86. The molecule has 0 saturated carbocycles. The Morgan fingerprint density at radius 3 is 2.88 bits per heavy atom. The van der Waals surface area contributed by atoms with Gasteiger partial charge in [-0.1, -0.05) is 27.5 Å². The highest BCUT2D eigenvalue weighted by atomic mass is 79.9. The number of carbonyl (C=O) groups excluding carboxylic acids is 1. The number of benzene rings is 1. The molecular formula is C11H13BrClNO2. The van der Waals surface area contributed by atoms with Crippen molar-refractivity contribution in [3.05, 3.63) is 28.8 Å². The highest BCUT2D eigenvalue weighted by molar-refractivity contribution is 9.09. The van der Waals surface area contributed by atoms with Crippen molar-refractivity contribution >= 4 is 33.4 Å². The van der Waals surface area contributed by atoms with Gasteiger partial charge in [0.25, 0.3) is 5.91 Å². The molecule has 16 heavy (non-hydrogen) atoms. The Hall–Kier alpha value is -0.740. The number of methoxy groups -OCH3 is 1. The van der Waals surface area contributed by atoms with E-state index in [1.807, 2.05) is 6.92 Å². The predicted molar refractivity (Wildman–Crippen MR) is 68.7 cm³/mol. The fraction of sp³-hybridized carbons (Fsp3) is 0.364. The van der Waals surface area contributed by atoms with E-state index in [9.17, 15) is 4.79 Å². The molecular weight excluding hydrogens is 293 g/mol. The Balaban J connectivity index is 2.90. The Bertz CT molecular complexity index is 384. The minimum atomic E-state index is -0.166. The van der Waals surface area contributed by atoms with Crippen LogP contribution in [0.5, 0.6) is 5.75 Å². The fourth-order valence-electron chi connectivity index (χ4n) is 1.19. The zero-order valence-electron chi connectivity index (χ0n) is 9.09. The average molecular weight is 307 g/mol. The van der Waals surface area contributed by atoms with Crippen molar-refractivity contribution in [2.45, 2.75) is 13.0 Å². The summed E-state index contributed by atoms with van der Waals surface area (Å²) in [6.07, 6.45) is 0. The molecule has 3 nitrogen and oxygen atoms in total. The van der Waals surface area contributed by atoms with E-state index in [-0.39, 0.29) is 11.9 Å². The molecule has 0 saturated heterocycles. The van der Waals surface area contributed by atoms with E-state index in [2.05, 4.69) is 21.2 Å². The fourth-order valence-corrected chi connectivity index (χ4v) is 1.52. The molecule has 88 valence electrons. The molecule has 0 aliphatic carbocycles. The molecule has 1 N–H and O–H groups in total. The number of nitrogens with one attached hydrogen (secondary N) is 1. The van der Waals surface area contributed by atoms with Gasteiger partial charge in [-0.25, -0.2) is 0 Å². The lowest BCUT2D eigenvalue weighted by molar-refractivity contribution is 0.0941. The van der Waals surface area contributed by atoms with Crippen molar-refractivity contribution < 1.29 is 9.53 Å². The Kier molecular flexibility index (Phi) is 5.09. The topological polar surface area (TPSA) is 38.3 Å². The molecule has 0 aliphatic heterocycles. The molecule has 5 heteroatoms. The lowest BCUT2D eigenvalue weighted by atomic mass is 10.2. The highest BCUT2D eigenvalue weighted by Gasteiger charge is 2.14. The van der Waals surface area contributed by atoms with Gasteiger partial charge in [0.05, 0.1) is 12.7 Å². The first kappa shape index (κ1) is 13.3. The van der Waals surface area contributed by atoms with Crippen LogP contribution in [0.3, 0.4) is 0 Å². The van der Waals surface area contributed by atoms with Crippen molar-refractivity contribution in [2.75, 3.05) is 12.4 Å². The number of carbonyl (C=O) groups is 1. The summed E-state index contributed by atoms with van der Waals surface area (Å²) in [4.78, 5) is 11.8. The van der Waals surface area contributed by atoms with Crippen LogP contribution in [0.15, 0.2) is 18.2 Å². The molecule has 1 atom stereocenters. The summed E-state index contributed by atoms with van der Waals surface area (Å²) in [5.41, 5.74) is 0.486. The standard InChI is InChI=1S/C11H13BrClNO2/c1-7(6-12)14-11(15)9-4-3-8(13)5-10(9)16-2/h3-5,7H,6H2,1-2H3,(H,14,15). The average Bonchev–Trinajstić information content (AvgIpc) is 2.28. The normalized spacial score (nSPS) is 12.0. The molecule has 0 aliphatic rings. The zero-order chi connectivity index (χ0) is 12.1. The SMILES string of the molecule is COc1cc(Cl)ccc1C(=O)NC(C)CBr. The maximum absolute atomic E-state index is 11.8. The van der Waals surface area contributed by atoms with E-state index < -0.39 is 0 Å². The number of amides is 1. The second-order valence-electron chi connectivity index (χ2n) is 3.37. The van der Waals surface area contributed by atoms with E-state index in [4.69, 9.17) is 16.3 Å². The summed E-state index contributed by atoms with van der Waals surface area (Å²) in [5, 5.41) is 4.08. The van der Waals surface area contributed by atoms with E-state index in [1.54, 1.807) is 18.2 Å². The van der Waals surface area contributed by atoms with Crippen LogP contribution in [0.4, 0.5) is 0 Å². The van der Waals surface area contributed by atoms with Gasteiger partial charge in [0.1, 0.15) is 5.75 Å². The minimum Gasteiger partial charge on any atom is -0.496 e. The maximum atomic E-state index is 11.8. The Labute approximate surface area is 108 Å². The second-order valence-corrected chi connectivity index (χ2v) is 4.46. The van der Waals surface area contributed by atoms with Gasteiger partial charge in [0, 0.05) is 16.4 Å². The van der Waals surface area contributed by atoms with Crippen LogP contribution in [-0.4, -0.2) is 24.4 Å². The van der Waals surface area contributed by atoms with E-state index in [1.165, 1.54) is 7.11 Å². The maximum Gasteiger partial charge on any atom is 0.255 e. The van der Waals surface area contributed by atoms with Gasteiger partial charge in [-0.05, 0) is 25.1 Å². The number of halogens is 2. The molecule has 0 bridgehead atoms. The second kappa shape index (κ2) is 6.11. The molecule has 0 fully saturated rings. The monoisotopic (exact) mass is 305 g/mol. The molecule has 1 amide bonds. The number of hydrogen-bond donors (Lipinski definition) is 1. The molecule has 1 rings (SSSR count). The molecule has 1 unspecified atom stereocenters. The number of alkyl halides is 1. The van der Waals surface area contributed by atoms with Crippen LogP contribution >= 0.6 is 27.5 Å². The van der Waals surface area contributed by atoms with Gasteiger partial charge < -0.3 is 10.1 Å². The summed E-state index contributed by atoms with van der Waals surface area (Å²) in [6, 6.07) is 5.00. The van der Waals surface area contributed by atoms with Gasteiger partial charge >= 0.3 is 0 Å². The van der Waals surface area contributed by atoms with E-state index >= 15 is 0 Å². The van der Waals surface area contributed by atoms with Gasteiger partial charge in [-0.15, -0.1) is 0 Å². The van der Waals surface area contributed by atoms with Crippen molar-refractivity contribution in [2.24, 2.45) is 0 Å². The van der Waals surface area contributed by atoms with Crippen LogP contribution in [0, 0.1) is 0 Å². The molecule has 0 radical (unpaired) electrons. The van der Waals surface area contributed by atoms with Crippen molar-refractivity contribution in [3.63, 3.8) is 0 Å². The third kappa shape index (κ3) is 3.39. The summed E-state index contributed by atoms with van der Waals surface area (Å²) in [5.74, 6) is 0.312. The van der Waals surface area contributed by atoms with Gasteiger partial charge in [-0.2, -0.15) is 0 Å². The molecule has 0 aromatic heterocycles. The molecule has 1 aromatic rings. The van der Waals surface area contributed by atoms with Gasteiger partial charge in [-0.3, -0.25) is 4.79 Å². The first-order valence-corrected chi connectivity index (χ1v) is 6.28. The lowest BCUT2D eigenvalue weighted by Crippen LogP contribution is -2.33. The first-order chi connectivity index (χ1) is 7.58. The summed E-state index contributed by atoms with van der Waals surface area (Å²) in [7, 11) is 1.51. The van der Waals surface area contributed by atoms with Gasteiger partial charge in [0.2, 0.25) is 0 Å². The largest absolute Gasteiger partial charge is 0.496 e. The van der Waals surface area contributed by atoms with Crippen LogP contribution in [0.1, 0.15) is 17.3 Å². The lowest BCUT2D eigenvalue weighted by Gasteiger charge is -2.13. The van der Waals surface area contributed by atoms with Crippen LogP contribution in [-0.2, 0) is 0 Å². The third-order valence-corrected chi connectivity index (χ3v) is 3.22. The minimum absolute atomic E-state index is 0.0629. The van der Waals surface area contributed by atoms with Crippen LogP contribution in [0.25, 0.3) is 0 Å². The number of rotatable bonds is 4. The smallest absolute Gasteiger partial charge is 0.255 e. The van der Waals surface area contributed by atoms with Crippen molar-refractivity contribution in [1.82, 2.24) is 5.32 Å². The van der Waals surface area contributed by atoms with Crippen molar-refractivity contribution in [3.8, 4) is 5.75 Å². The number of hydrogen-bond acceptors (Lipinski definition) is 2. The van der Waals surface area contributed by atoms with E-state index in [0.29, 0.717) is 21.7 Å². The van der Waals surface area contributed by atoms with E-state index in [0.717, 1.165) is 0 Å². The molecule has 0 heterocycles. The van der Waals surface area contributed by atoms with Crippen LogP contribution < -0.4 is 10.1 Å². The Morgan fingerprint density at radius 1 is 1.62 bits per heavy atom. The quantitative estimate of drug-likeness (QED) is 0.869. The molecule has 0 spiro atoms. The zero-order valence-corrected chi connectivity index (χ0v) is 11.4. The van der Waals surface area contributed by atoms with Crippen molar-refractivity contribution in [1.29, 1.82) is 0 Å². The third-order valence-electron chi connectivity index (χ3n) is 2.02. The molecule has 1 aromatic carbocycles. The highest BCUT2D eigenvalue weighted by Crippen LogP contribution is 2.23. The van der Waals surface area contributed by atoms with Gasteiger partial charge in [0.15, 0.2) is 0 Å². The summed E-state index contributed by atoms with van der Waals surface area (Å²) >= 11 is 9.11. The summed E-state index contributed by atoms with van der Waals surface area (Å²) < 4.78 is 5.11.